The van der Waals surface area contributed by atoms with Crippen LogP contribution in [0.15, 0.2) is 30.9 Å². The van der Waals surface area contributed by atoms with E-state index in [4.69, 9.17) is 9.31 Å². The van der Waals surface area contributed by atoms with Crippen molar-refractivity contribution in [2.75, 3.05) is 0 Å². The van der Waals surface area contributed by atoms with E-state index in [-0.39, 0.29) is 18.3 Å². The Hall–Kier alpha value is -1.33. The highest BCUT2D eigenvalue weighted by Gasteiger charge is 2.51. The first-order valence-corrected chi connectivity index (χ1v) is 6.16. The number of fused-ring (bicyclic) bond motifs is 1. The minimum Gasteiger partial charge on any atom is -0.399 e. The van der Waals surface area contributed by atoms with Gasteiger partial charge >= 0.3 is 7.12 Å². The van der Waals surface area contributed by atoms with Gasteiger partial charge in [-0.2, -0.15) is 0 Å². The van der Waals surface area contributed by atoms with Crippen LogP contribution in [0.2, 0.25) is 0 Å². The van der Waals surface area contributed by atoms with Crippen LogP contribution in [0, 0.1) is 0 Å². The number of hydrogen-bond acceptors (Lipinski definition) is 3. The third-order valence-corrected chi connectivity index (χ3v) is 3.96. The topological polar surface area (TPSA) is 35.8 Å². The molecule has 3 rings (SSSR count). The summed E-state index contributed by atoms with van der Waals surface area (Å²) in [6, 6.07) is 4.06. The summed E-state index contributed by atoms with van der Waals surface area (Å²) >= 11 is 0. The fourth-order valence-corrected chi connectivity index (χ4v) is 2.06. The summed E-state index contributed by atoms with van der Waals surface area (Å²) in [6.07, 6.45) is 5.58. The van der Waals surface area contributed by atoms with Gasteiger partial charge in [0, 0.05) is 6.20 Å². The van der Waals surface area contributed by atoms with Gasteiger partial charge in [0.25, 0.3) is 0 Å². The van der Waals surface area contributed by atoms with E-state index in [9.17, 15) is 0 Å². The number of hydrogen-bond donors (Lipinski definition) is 0. The van der Waals surface area contributed by atoms with E-state index >= 15 is 0 Å². The maximum absolute atomic E-state index is 6.02. The fraction of sp³-hybridized carbons (Fsp3) is 0.462. The number of pyridine rings is 1. The van der Waals surface area contributed by atoms with Crippen LogP contribution in [0.3, 0.4) is 0 Å². The van der Waals surface area contributed by atoms with Gasteiger partial charge in [0.1, 0.15) is 0 Å². The van der Waals surface area contributed by atoms with E-state index in [1.54, 1.807) is 6.33 Å². The molecule has 0 N–H and O–H groups in total. The normalized spacial score (nSPS) is 21.7. The molecular formula is C13H17BN2O2. The molecule has 0 saturated carbocycles. The Kier molecular flexibility index (Phi) is 2.34. The van der Waals surface area contributed by atoms with Crippen LogP contribution in [0.1, 0.15) is 27.7 Å². The highest BCUT2D eigenvalue weighted by atomic mass is 16.7. The van der Waals surface area contributed by atoms with Gasteiger partial charge in [0.05, 0.1) is 29.2 Å². The maximum atomic E-state index is 6.02. The summed E-state index contributed by atoms with van der Waals surface area (Å²) in [5.74, 6) is 0. The van der Waals surface area contributed by atoms with Crippen molar-refractivity contribution < 1.29 is 9.31 Å². The zero-order valence-electron chi connectivity index (χ0n) is 11.2. The second kappa shape index (κ2) is 3.59. The summed E-state index contributed by atoms with van der Waals surface area (Å²) in [7, 11) is -0.310. The molecule has 0 bridgehead atoms. The standard InChI is InChI=1S/C13H17BN2O2/c1-12(2)13(3,4)18-14(17-12)10-5-6-16-9-15-8-11(16)7-10/h5-9H,1-4H3. The van der Waals surface area contributed by atoms with Crippen molar-refractivity contribution in [3.05, 3.63) is 30.9 Å². The molecule has 2 aromatic heterocycles. The van der Waals surface area contributed by atoms with Crippen LogP contribution in [-0.4, -0.2) is 27.7 Å². The first-order valence-electron chi connectivity index (χ1n) is 6.16. The third kappa shape index (κ3) is 1.66. The van der Waals surface area contributed by atoms with E-state index < -0.39 is 0 Å². The predicted molar refractivity (Wildman–Crippen MR) is 70.9 cm³/mol. The van der Waals surface area contributed by atoms with E-state index in [0.29, 0.717) is 0 Å². The molecule has 1 fully saturated rings. The van der Waals surface area contributed by atoms with Crippen LogP contribution >= 0.6 is 0 Å². The second-order valence-electron chi connectivity index (χ2n) is 5.77. The molecule has 4 nitrogen and oxygen atoms in total. The highest BCUT2D eigenvalue weighted by Crippen LogP contribution is 2.36. The molecule has 0 aromatic carbocycles. The van der Waals surface area contributed by atoms with Gasteiger partial charge in [-0.1, -0.05) is 0 Å². The van der Waals surface area contributed by atoms with Gasteiger partial charge < -0.3 is 13.7 Å². The van der Waals surface area contributed by atoms with E-state index in [0.717, 1.165) is 11.0 Å². The lowest BCUT2D eigenvalue weighted by atomic mass is 9.79. The van der Waals surface area contributed by atoms with Gasteiger partial charge in [-0.3, -0.25) is 0 Å². The molecular weight excluding hydrogens is 227 g/mol. The molecule has 2 aromatic rings. The summed E-state index contributed by atoms with van der Waals surface area (Å²) in [5, 5.41) is 0. The molecule has 0 aliphatic carbocycles. The Morgan fingerprint density at radius 3 is 2.50 bits per heavy atom. The van der Waals surface area contributed by atoms with E-state index in [1.807, 2.05) is 22.9 Å². The average molecular weight is 244 g/mol. The molecule has 3 heterocycles. The third-order valence-electron chi connectivity index (χ3n) is 3.96. The molecule has 5 heteroatoms. The fourth-order valence-electron chi connectivity index (χ4n) is 2.06. The molecule has 0 radical (unpaired) electrons. The Balaban J connectivity index is 1.96. The summed E-state index contributed by atoms with van der Waals surface area (Å²) in [6.45, 7) is 8.24. The van der Waals surface area contributed by atoms with E-state index in [1.165, 1.54) is 0 Å². The number of imidazole rings is 1. The van der Waals surface area contributed by atoms with Crippen LogP contribution in [0.5, 0.6) is 0 Å². The Labute approximate surface area is 107 Å². The zero-order valence-corrected chi connectivity index (χ0v) is 11.2. The maximum Gasteiger partial charge on any atom is 0.494 e. The van der Waals surface area contributed by atoms with Crippen molar-refractivity contribution in [1.29, 1.82) is 0 Å². The number of nitrogens with zero attached hydrogens (tertiary/aromatic N) is 2. The van der Waals surface area contributed by atoms with Gasteiger partial charge in [-0.15, -0.1) is 0 Å². The number of aromatic nitrogens is 2. The van der Waals surface area contributed by atoms with Crippen molar-refractivity contribution in [2.24, 2.45) is 0 Å². The zero-order chi connectivity index (χ0) is 13.0. The highest BCUT2D eigenvalue weighted by molar-refractivity contribution is 6.62. The quantitative estimate of drug-likeness (QED) is 0.715. The Morgan fingerprint density at radius 2 is 1.83 bits per heavy atom. The lowest BCUT2D eigenvalue weighted by Crippen LogP contribution is -2.41. The van der Waals surface area contributed by atoms with Gasteiger partial charge in [-0.05, 0) is 45.3 Å². The summed E-state index contributed by atoms with van der Waals surface area (Å²) < 4.78 is 14.0. The molecule has 0 amide bonds. The molecule has 0 spiro atoms. The van der Waals surface area contributed by atoms with Crippen molar-refractivity contribution in [1.82, 2.24) is 9.38 Å². The minimum atomic E-state index is -0.310. The monoisotopic (exact) mass is 244 g/mol. The minimum absolute atomic E-state index is 0.302. The molecule has 0 atom stereocenters. The summed E-state index contributed by atoms with van der Waals surface area (Å²) in [4.78, 5) is 4.11. The van der Waals surface area contributed by atoms with Crippen molar-refractivity contribution in [3.63, 3.8) is 0 Å². The predicted octanol–water partition coefficient (Wildman–Crippen LogP) is 1.63. The van der Waals surface area contributed by atoms with Gasteiger partial charge in [-0.25, -0.2) is 4.98 Å². The lowest BCUT2D eigenvalue weighted by Gasteiger charge is -2.32. The second-order valence-corrected chi connectivity index (χ2v) is 5.77. The SMILES string of the molecule is CC1(C)OB(c2ccn3cncc3c2)OC1(C)C. The molecule has 1 aliphatic rings. The Bertz CT molecular complexity index is 575. The Morgan fingerprint density at radius 1 is 1.17 bits per heavy atom. The van der Waals surface area contributed by atoms with Crippen LogP contribution in [-0.2, 0) is 9.31 Å². The molecule has 94 valence electrons. The van der Waals surface area contributed by atoms with Crippen LogP contribution in [0.25, 0.3) is 5.52 Å². The van der Waals surface area contributed by atoms with Crippen molar-refractivity contribution in [2.45, 2.75) is 38.9 Å². The van der Waals surface area contributed by atoms with Crippen LogP contribution < -0.4 is 5.46 Å². The van der Waals surface area contributed by atoms with Crippen molar-refractivity contribution >= 4 is 18.1 Å². The van der Waals surface area contributed by atoms with Crippen LogP contribution in [0.4, 0.5) is 0 Å². The first-order chi connectivity index (χ1) is 8.39. The average Bonchev–Trinajstić information content (AvgIpc) is 2.80. The molecule has 18 heavy (non-hydrogen) atoms. The van der Waals surface area contributed by atoms with Crippen molar-refractivity contribution in [3.8, 4) is 0 Å². The van der Waals surface area contributed by atoms with Gasteiger partial charge in [0.15, 0.2) is 0 Å². The smallest absolute Gasteiger partial charge is 0.399 e. The van der Waals surface area contributed by atoms with E-state index in [2.05, 4.69) is 38.7 Å². The molecule has 1 aliphatic heterocycles. The lowest BCUT2D eigenvalue weighted by molar-refractivity contribution is 0.00578. The largest absolute Gasteiger partial charge is 0.494 e. The number of rotatable bonds is 1. The first kappa shape index (κ1) is 11.7. The molecule has 1 saturated heterocycles. The summed E-state index contributed by atoms with van der Waals surface area (Å²) in [5.41, 5.74) is 1.47. The van der Waals surface area contributed by atoms with Gasteiger partial charge in [0.2, 0.25) is 0 Å². The molecule has 0 unspecified atom stereocenters.